The Labute approximate surface area is 95.8 Å². The highest BCUT2D eigenvalue weighted by Crippen LogP contribution is 2.19. The fraction of sp³-hybridized carbons (Fsp3) is 0.462. The molecule has 1 aromatic carbocycles. The minimum atomic E-state index is -0.0712. The van der Waals surface area contributed by atoms with Crippen LogP contribution in [0.3, 0.4) is 0 Å². The summed E-state index contributed by atoms with van der Waals surface area (Å²) in [7, 11) is 0. The smallest absolute Gasteiger partial charge is 0.247 e. The minimum absolute atomic E-state index is 0.0712. The maximum absolute atomic E-state index is 11.5. The molecule has 0 bridgehead atoms. The van der Waals surface area contributed by atoms with Gasteiger partial charge in [0.2, 0.25) is 5.91 Å². The van der Waals surface area contributed by atoms with Crippen LogP contribution in [0.1, 0.15) is 31.2 Å². The Morgan fingerprint density at radius 1 is 1.25 bits per heavy atom. The zero-order valence-corrected chi connectivity index (χ0v) is 9.32. The van der Waals surface area contributed by atoms with E-state index >= 15 is 0 Å². The molecule has 1 saturated carbocycles. The molecule has 2 rings (SSSR count). The molecule has 16 heavy (non-hydrogen) atoms. The lowest BCUT2D eigenvalue weighted by atomic mass is 10.1. The van der Waals surface area contributed by atoms with Gasteiger partial charge in [0.05, 0.1) is 12.5 Å². The summed E-state index contributed by atoms with van der Waals surface area (Å²) in [5.41, 5.74) is 3.54. The number of hydroxylamine groups is 1. The maximum atomic E-state index is 11.5. The summed E-state index contributed by atoms with van der Waals surface area (Å²) in [5, 5.41) is 0. The number of nitrogens with one attached hydrogen (secondary N) is 1. The molecule has 3 nitrogen and oxygen atoms in total. The monoisotopic (exact) mass is 219 g/mol. The van der Waals surface area contributed by atoms with Crippen LogP contribution < -0.4 is 5.48 Å². The van der Waals surface area contributed by atoms with Crippen molar-refractivity contribution >= 4 is 5.91 Å². The first kappa shape index (κ1) is 11.1. The second-order valence-corrected chi connectivity index (χ2v) is 4.21. The van der Waals surface area contributed by atoms with Crippen LogP contribution in [0.5, 0.6) is 0 Å². The van der Waals surface area contributed by atoms with Gasteiger partial charge in [-0.25, -0.2) is 5.48 Å². The summed E-state index contributed by atoms with van der Waals surface area (Å²) >= 11 is 0. The van der Waals surface area contributed by atoms with Gasteiger partial charge in [0, 0.05) is 0 Å². The van der Waals surface area contributed by atoms with E-state index in [0.717, 1.165) is 18.4 Å². The van der Waals surface area contributed by atoms with Gasteiger partial charge in [0.25, 0.3) is 0 Å². The molecule has 1 amide bonds. The fourth-order valence-corrected chi connectivity index (χ4v) is 1.97. The summed E-state index contributed by atoms with van der Waals surface area (Å²) in [6, 6.07) is 9.68. The number of rotatable bonds is 4. The quantitative estimate of drug-likeness (QED) is 0.788. The third-order valence-electron chi connectivity index (χ3n) is 2.85. The summed E-state index contributed by atoms with van der Waals surface area (Å²) in [5.74, 6) is -0.0712. The maximum Gasteiger partial charge on any atom is 0.247 e. The lowest BCUT2D eigenvalue weighted by Gasteiger charge is -2.11. The van der Waals surface area contributed by atoms with Gasteiger partial charge in [-0.3, -0.25) is 9.63 Å². The third-order valence-corrected chi connectivity index (χ3v) is 2.85. The molecule has 1 N–H and O–H groups in total. The Kier molecular flexibility index (Phi) is 3.94. The number of hydrogen-bond acceptors (Lipinski definition) is 2. The normalized spacial score (nSPS) is 16.2. The highest BCUT2D eigenvalue weighted by Gasteiger charge is 2.16. The van der Waals surface area contributed by atoms with Crippen molar-refractivity contribution in [2.75, 3.05) is 0 Å². The standard InChI is InChI=1S/C13H17NO2/c15-13(10-11-6-2-1-3-7-11)14-16-12-8-4-5-9-12/h1-3,6-7,12H,4-5,8-10H2,(H,14,15). The van der Waals surface area contributed by atoms with Crippen molar-refractivity contribution < 1.29 is 9.63 Å². The van der Waals surface area contributed by atoms with Crippen LogP contribution in [0.4, 0.5) is 0 Å². The Balaban J connectivity index is 1.72. The van der Waals surface area contributed by atoms with Crippen LogP contribution in [0.2, 0.25) is 0 Å². The van der Waals surface area contributed by atoms with Crippen molar-refractivity contribution in [3.63, 3.8) is 0 Å². The van der Waals surface area contributed by atoms with Crippen molar-refractivity contribution in [3.05, 3.63) is 35.9 Å². The number of amides is 1. The minimum Gasteiger partial charge on any atom is -0.272 e. The lowest BCUT2D eigenvalue weighted by Crippen LogP contribution is -2.29. The molecule has 0 aliphatic heterocycles. The largest absolute Gasteiger partial charge is 0.272 e. The van der Waals surface area contributed by atoms with Crippen LogP contribution in [0, 0.1) is 0 Å². The third kappa shape index (κ3) is 3.35. The Morgan fingerprint density at radius 3 is 2.62 bits per heavy atom. The first-order valence-corrected chi connectivity index (χ1v) is 5.83. The topological polar surface area (TPSA) is 38.3 Å². The van der Waals surface area contributed by atoms with Crippen LogP contribution >= 0.6 is 0 Å². The predicted molar refractivity (Wildman–Crippen MR) is 61.6 cm³/mol. The Morgan fingerprint density at radius 2 is 1.94 bits per heavy atom. The van der Waals surface area contributed by atoms with E-state index in [4.69, 9.17) is 4.84 Å². The second kappa shape index (κ2) is 5.66. The highest BCUT2D eigenvalue weighted by atomic mass is 16.7. The van der Waals surface area contributed by atoms with Crippen molar-refractivity contribution in [2.45, 2.75) is 38.2 Å². The average molecular weight is 219 g/mol. The number of hydrogen-bond donors (Lipinski definition) is 1. The molecule has 0 aromatic heterocycles. The molecule has 1 fully saturated rings. The number of carbonyl (C=O) groups excluding carboxylic acids is 1. The second-order valence-electron chi connectivity index (χ2n) is 4.21. The summed E-state index contributed by atoms with van der Waals surface area (Å²) in [6.45, 7) is 0. The molecule has 86 valence electrons. The van der Waals surface area contributed by atoms with E-state index in [9.17, 15) is 4.79 Å². The highest BCUT2D eigenvalue weighted by molar-refractivity contribution is 5.77. The molecule has 0 heterocycles. The van der Waals surface area contributed by atoms with Gasteiger partial charge in [-0.2, -0.15) is 0 Å². The predicted octanol–water partition coefficient (Wildman–Crippen LogP) is 2.22. The van der Waals surface area contributed by atoms with E-state index in [1.165, 1.54) is 12.8 Å². The van der Waals surface area contributed by atoms with E-state index in [1.807, 2.05) is 30.3 Å². The Bertz CT molecular complexity index is 331. The van der Waals surface area contributed by atoms with Crippen molar-refractivity contribution in [1.82, 2.24) is 5.48 Å². The average Bonchev–Trinajstić information content (AvgIpc) is 2.81. The molecule has 0 radical (unpaired) electrons. The molecule has 1 aromatic rings. The molecule has 1 aliphatic carbocycles. The summed E-state index contributed by atoms with van der Waals surface area (Å²) in [6.07, 6.45) is 5.14. The van der Waals surface area contributed by atoms with Gasteiger partial charge < -0.3 is 0 Å². The van der Waals surface area contributed by atoms with Gasteiger partial charge in [0.1, 0.15) is 0 Å². The molecule has 1 aliphatic rings. The van der Waals surface area contributed by atoms with Gasteiger partial charge in [-0.15, -0.1) is 0 Å². The molecule has 0 unspecified atom stereocenters. The van der Waals surface area contributed by atoms with Crippen LogP contribution in [0.15, 0.2) is 30.3 Å². The van der Waals surface area contributed by atoms with Gasteiger partial charge >= 0.3 is 0 Å². The SMILES string of the molecule is O=C(Cc1ccccc1)NOC1CCCC1. The molecule has 0 saturated heterocycles. The van der Waals surface area contributed by atoms with E-state index in [1.54, 1.807) is 0 Å². The van der Waals surface area contributed by atoms with E-state index in [2.05, 4.69) is 5.48 Å². The van der Waals surface area contributed by atoms with Crippen molar-refractivity contribution in [1.29, 1.82) is 0 Å². The molecular formula is C13H17NO2. The van der Waals surface area contributed by atoms with Crippen LogP contribution in [-0.4, -0.2) is 12.0 Å². The van der Waals surface area contributed by atoms with Crippen LogP contribution in [-0.2, 0) is 16.1 Å². The molecule has 0 spiro atoms. The number of benzene rings is 1. The van der Waals surface area contributed by atoms with Crippen molar-refractivity contribution in [3.8, 4) is 0 Å². The van der Waals surface area contributed by atoms with E-state index < -0.39 is 0 Å². The molecule has 3 heteroatoms. The lowest BCUT2D eigenvalue weighted by molar-refractivity contribution is -0.137. The molecular weight excluding hydrogens is 202 g/mol. The fourth-order valence-electron chi connectivity index (χ4n) is 1.97. The van der Waals surface area contributed by atoms with Crippen molar-refractivity contribution in [2.24, 2.45) is 0 Å². The van der Waals surface area contributed by atoms with Gasteiger partial charge in [-0.05, 0) is 18.4 Å². The first-order chi connectivity index (χ1) is 7.84. The van der Waals surface area contributed by atoms with E-state index in [-0.39, 0.29) is 12.0 Å². The summed E-state index contributed by atoms with van der Waals surface area (Å²) < 4.78 is 0. The zero-order valence-electron chi connectivity index (χ0n) is 9.32. The zero-order chi connectivity index (χ0) is 11.2. The van der Waals surface area contributed by atoms with Crippen LogP contribution in [0.25, 0.3) is 0 Å². The summed E-state index contributed by atoms with van der Waals surface area (Å²) in [4.78, 5) is 16.9. The first-order valence-electron chi connectivity index (χ1n) is 5.83. The van der Waals surface area contributed by atoms with Gasteiger partial charge in [0.15, 0.2) is 0 Å². The molecule has 0 atom stereocenters. The Hall–Kier alpha value is -1.35. The van der Waals surface area contributed by atoms with Gasteiger partial charge in [-0.1, -0.05) is 43.2 Å². The van der Waals surface area contributed by atoms with E-state index in [0.29, 0.717) is 6.42 Å². The number of carbonyl (C=O) groups is 1.